The van der Waals surface area contributed by atoms with Crippen molar-refractivity contribution in [3.05, 3.63) is 29.4 Å². The Morgan fingerprint density at radius 3 is 2.64 bits per heavy atom. The molecule has 1 aromatic heterocycles. The van der Waals surface area contributed by atoms with Gasteiger partial charge in [-0.1, -0.05) is 6.92 Å². The van der Waals surface area contributed by atoms with Crippen LogP contribution < -0.4 is 18.9 Å². The van der Waals surface area contributed by atoms with Crippen LogP contribution in [-0.4, -0.2) is 10.7 Å². The fraction of sp³-hybridized carbons (Fsp3) is 0.143. The van der Waals surface area contributed by atoms with Crippen LogP contribution in [0.3, 0.4) is 0 Å². The fourth-order valence-corrected chi connectivity index (χ4v) is 0.995. The second kappa shape index (κ2) is 4.61. The number of hydrogen-bond donors (Lipinski definition) is 1. The number of pyridine rings is 1. The molecule has 0 aromatic carbocycles. The van der Waals surface area contributed by atoms with E-state index in [4.69, 9.17) is 5.41 Å². The molecule has 0 saturated carbocycles. The molecule has 1 heterocycles. The van der Waals surface area contributed by atoms with Gasteiger partial charge >= 0.3 is 18.9 Å². The summed E-state index contributed by atoms with van der Waals surface area (Å²) < 4.78 is 0. The Bertz CT molecular complexity index is 262. The minimum absolute atomic E-state index is 0. The molecule has 0 unspecified atom stereocenters. The Kier molecular flexibility index (Phi) is 4.51. The van der Waals surface area contributed by atoms with Crippen LogP contribution in [0.25, 0.3) is 5.41 Å². The Hall–Kier alpha value is -0.233. The van der Waals surface area contributed by atoms with Crippen LogP contribution in [0.15, 0.2) is 23.4 Å². The Labute approximate surface area is 83.5 Å². The van der Waals surface area contributed by atoms with Gasteiger partial charge in [0.15, 0.2) is 0 Å². The molecular weight excluding hydrogens is 151 g/mol. The molecule has 0 fully saturated rings. The van der Waals surface area contributed by atoms with Gasteiger partial charge in [0.2, 0.25) is 0 Å². The molecule has 1 rings (SSSR count). The van der Waals surface area contributed by atoms with Crippen molar-refractivity contribution in [1.29, 1.82) is 0 Å². The maximum Gasteiger partial charge on any atom is 1.00 e. The van der Waals surface area contributed by atoms with E-state index in [1.807, 2.05) is 0 Å². The largest absolute Gasteiger partial charge is 1.00 e. The van der Waals surface area contributed by atoms with Crippen LogP contribution in [0.4, 0.5) is 0 Å². The van der Waals surface area contributed by atoms with E-state index in [-0.39, 0.29) is 24.6 Å². The van der Waals surface area contributed by atoms with Crippen LogP contribution in [-0.2, 0) is 0 Å². The van der Waals surface area contributed by atoms with Gasteiger partial charge < -0.3 is 5.41 Å². The third kappa shape index (κ3) is 2.70. The normalized spacial score (nSPS) is 8.55. The van der Waals surface area contributed by atoms with Gasteiger partial charge in [-0.15, -0.1) is 12.6 Å². The Morgan fingerprint density at radius 1 is 1.64 bits per heavy atom. The molecule has 0 aliphatic carbocycles. The zero-order valence-electron chi connectivity index (χ0n) is 6.57. The maximum atomic E-state index is 9.04. The van der Waals surface area contributed by atoms with Crippen molar-refractivity contribution in [2.45, 2.75) is 11.8 Å². The summed E-state index contributed by atoms with van der Waals surface area (Å²) in [6.07, 6.45) is 3.22. The van der Waals surface area contributed by atoms with Gasteiger partial charge in [-0.25, -0.2) is 0 Å². The number of nitrogens with zero attached hydrogens (tertiary/aromatic N) is 2. The predicted molar refractivity (Wildman–Crippen MR) is 44.6 cm³/mol. The monoisotopic (exact) mass is 158 g/mol. The van der Waals surface area contributed by atoms with E-state index in [9.17, 15) is 0 Å². The Morgan fingerprint density at radius 2 is 2.27 bits per heavy atom. The molecule has 0 aliphatic rings. The third-order valence-corrected chi connectivity index (χ3v) is 1.55. The van der Waals surface area contributed by atoms with Gasteiger partial charge in [0.05, 0.1) is 0 Å². The summed E-state index contributed by atoms with van der Waals surface area (Å²) in [6.45, 7) is 1.62. The van der Waals surface area contributed by atoms with Crippen LogP contribution in [0.2, 0.25) is 0 Å². The minimum Gasteiger partial charge on any atom is -0.807 e. The molecule has 52 valence electrons. The smallest absolute Gasteiger partial charge is 0.807 e. The molecule has 0 radical (unpaired) electrons. The van der Waals surface area contributed by atoms with Gasteiger partial charge in [-0.05, 0) is 11.6 Å². The average Bonchev–Trinajstić information content (AvgIpc) is 1.88. The predicted octanol–water partition coefficient (Wildman–Crippen LogP) is -1.25. The molecule has 11 heavy (non-hydrogen) atoms. The fourth-order valence-electron chi connectivity index (χ4n) is 0.692. The van der Waals surface area contributed by atoms with Gasteiger partial charge in [0.1, 0.15) is 0 Å². The summed E-state index contributed by atoms with van der Waals surface area (Å²) in [5, 5.41) is 9.04. The van der Waals surface area contributed by atoms with E-state index in [1.54, 1.807) is 25.4 Å². The summed E-state index contributed by atoms with van der Waals surface area (Å²) in [4.78, 5) is 4.52. The van der Waals surface area contributed by atoms with E-state index < -0.39 is 0 Å². The zero-order chi connectivity index (χ0) is 7.56. The van der Waals surface area contributed by atoms with Crippen molar-refractivity contribution in [2.75, 3.05) is 0 Å². The first-order valence-corrected chi connectivity index (χ1v) is 3.32. The van der Waals surface area contributed by atoms with Crippen LogP contribution in [0.5, 0.6) is 0 Å². The first-order valence-electron chi connectivity index (χ1n) is 2.87. The second-order valence-corrected chi connectivity index (χ2v) is 2.46. The molecule has 0 amide bonds. The first kappa shape index (κ1) is 10.8. The summed E-state index contributed by atoms with van der Waals surface area (Å²) in [7, 11) is 0. The molecule has 1 aromatic rings. The molecule has 0 spiro atoms. The van der Waals surface area contributed by atoms with Gasteiger partial charge in [-0.2, -0.15) is 5.71 Å². The number of rotatable bonds is 1. The van der Waals surface area contributed by atoms with Crippen molar-refractivity contribution in [1.82, 2.24) is 4.98 Å². The second-order valence-electron chi connectivity index (χ2n) is 1.98. The maximum absolute atomic E-state index is 9.04. The summed E-state index contributed by atoms with van der Waals surface area (Å²) >= 11 is 4.09. The molecule has 0 aliphatic heterocycles. The van der Waals surface area contributed by atoms with Crippen molar-refractivity contribution >= 4 is 18.3 Å². The molecule has 4 heteroatoms. The molecule has 0 atom stereocenters. The summed E-state index contributed by atoms with van der Waals surface area (Å²) in [6, 6.07) is 1.72. The molecular formula is C7H7LiN2S. The Balaban J connectivity index is 0.000001000. The van der Waals surface area contributed by atoms with Crippen molar-refractivity contribution < 1.29 is 18.9 Å². The molecule has 0 N–H and O–H groups in total. The summed E-state index contributed by atoms with van der Waals surface area (Å²) in [5.74, 6) is 0. The molecule has 0 saturated heterocycles. The average molecular weight is 158 g/mol. The minimum atomic E-state index is 0. The van der Waals surface area contributed by atoms with E-state index in [0.717, 1.165) is 5.56 Å². The quantitative estimate of drug-likeness (QED) is 0.309. The number of hydrogen-bond acceptors (Lipinski definition) is 2. The van der Waals surface area contributed by atoms with Gasteiger partial charge in [0.25, 0.3) is 0 Å². The zero-order valence-corrected chi connectivity index (χ0v) is 7.47. The van der Waals surface area contributed by atoms with Gasteiger partial charge in [0, 0.05) is 17.3 Å². The van der Waals surface area contributed by atoms with Crippen LogP contribution >= 0.6 is 12.6 Å². The van der Waals surface area contributed by atoms with Gasteiger partial charge in [-0.3, -0.25) is 4.98 Å². The van der Waals surface area contributed by atoms with Crippen LogP contribution in [0.1, 0.15) is 12.5 Å². The number of aromatic nitrogens is 1. The number of thiol groups is 1. The molecule has 0 bridgehead atoms. The van der Waals surface area contributed by atoms with Crippen molar-refractivity contribution in [3.63, 3.8) is 0 Å². The van der Waals surface area contributed by atoms with Crippen molar-refractivity contribution in [2.24, 2.45) is 0 Å². The molecule has 2 nitrogen and oxygen atoms in total. The topological polar surface area (TPSA) is 35.2 Å². The standard InChI is InChI=1S/C7H7N2S.Li/c1-5(8)6-2-3-9-4-7(6)10;/h2-4,10H,1H3;/q-1;+1. The van der Waals surface area contributed by atoms with Crippen LogP contribution in [0, 0.1) is 0 Å². The third-order valence-electron chi connectivity index (χ3n) is 1.19. The van der Waals surface area contributed by atoms with E-state index in [2.05, 4.69) is 17.6 Å². The van der Waals surface area contributed by atoms with E-state index >= 15 is 0 Å². The summed E-state index contributed by atoms with van der Waals surface area (Å²) in [5.41, 5.74) is 1.01. The first-order chi connectivity index (χ1) is 4.72. The van der Waals surface area contributed by atoms with E-state index in [1.165, 1.54) is 0 Å². The van der Waals surface area contributed by atoms with E-state index in [0.29, 0.717) is 4.90 Å². The SMILES string of the molecule is CC(=[N-])c1ccncc1S.[Li+]. The van der Waals surface area contributed by atoms with Crippen molar-refractivity contribution in [3.8, 4) is 0 Å².